The second kappa shape index (κ2) is 7.60. The molecule has 0 aliphatic rings. The Balaban J connectivity index is 1.64. The first kappa shape index (κ1) is 19.0. The first-order valence-corrected chi connectivity index (χ1v) is 8.98. The molecule has 4 rings (SSSR count). The Bertz CT molecular complexity index is 1250. The Morgan fingerprint density at radius 1 is 1.10 bits per heavy atom. The molecule has 1 N–H and O–H groups in total. The van der Waals surface area contributed by atoms with Crippen LogP contribution in [0.3, 0.4) is 0 Å². The maximum atomic E-state index is 13.4. The molecule has 29 heavy (non-hydrogen) atoms. The maximum Gasteiger partial charge on any atom is 0.258 e. The minimum absolute atomic E-state index is 0.311. The lowest BCUT2D eigenvalue weighted by Crippen LogP contribution is -2.12. The minimum Gasteiger partial charge on any atom is -0.495 e. The second-order valence-corrected chi connectivity index (χ2v) is 6.81. The fraction of sp³-hybridized carbons (Fsp3) is 0.0952. The molecule has 0 fully saturated rings. The standard InChI is InChI=1S/C21H14ClF2N3O2/c1-29-19-9-18-15(8-16(19)22)21(28)27-20(26-18)4-11-2-3-17(25-10-11)12-5-13(23)7-14(24)6-12/h2-3,5-10H,4H2,1H3,(H,26,27,28). The van der Waals surface area contributed by atoms with Gasteiger partial charge < -0.3 is 9.72 Å². The Morgan fingerprint density at radius 3 is 2.52 bits per heavy atom. The van der Waals surface area contributed by atoms with Crippen molar-refractivity contribution in [2.75, 3.05) is 7.11 Å². The topological polar surface area (TPSA) is 67.9 Å². The van der Waals surface area contributed by atoms with Crippen LogP contribution in [0.4, 0.5) is 8.78 Å². The number of aromatic nitrogens is 3. The van der Waals surface area contributed by atoms with E-state index in [-0.39, 0.29) is 5.56 Å². The molecule has 0 spiro atoms. The number of nitrogens with one attached hydrogen (secondary N) is 1. The highest BCUT2D eigenvalue weighted by Crippen LogP contribution is 2.27. The molecule has 0 saturated carbocycles. The molecule has 0 amide bonds. The summed E-state index contributed by atoms with van der Waals surface area (Å²) in [6.45, 7) is 0. The highest BCUT2D eigenvalue weighted by Gasteiger charge is 2.10. The van der Waals surface area contributed by atoms with Crippen molar-refractivity contribution in [1.29, 1.82) is 0 Å². The van der Waals surface area contributed by atoms with Gasteiger partial charge in [-0.05, 0) is 29.8 Å². The van der Waals surface area contributed by atoms with Crippen molar-refractivity contribution in [3.05, 3.63) is 87.1 Å². The van der Waals surface area contributed by atoms with Crippen molar-refractivity contribution in [2.45, 2.75) is 6.42 Å². The van der Waals surface area contributed by atoms with Gasteiger partial charge in [-0.2, -0.15) is 0 Å². The third-order valence-electron chi connectivity index (χ3n) is 4.38. The molecule has 2 heterocycles. The third-order valence-corrected chi connectivity index (χ3v) is 4.68. The first-order valence-electron chi connectivity index (χ1n) is 8.61. The molecular formula is C21H14ClF2N3O2. The molecule has 0 radical (unpaired) electrons. The van der Waals surface area contributed by atoms with Crippen LogP contribution in [0.15, 0.2) is 53.5 Å². The van der Waals surface area contributed by atoms with Gasteiger partial charge >= 0.3 is 0 Å². The number of aromatic amines is 1. The molecule has 4 aromatic rings. The zero-order chi connectivity index (χ0) is 20.5. The molecule has 0 unspecified atom stereocenters. The van der Waals surface area contributed by atoms with Gasteiger partial charge in [0.05, 0.1) is 28.7 Å². The summed E-state index contributed by atoms with van der Waals surface area (Å²) in [5.74, 6) is -0.464. The van der Waals surface area contributed by atoms with Gasteiger partial charge in [-0.15, -0.1) is 0 Å². The number of ether oxygens (including phenoxy) is 1. The van der Waals surface area contributed by atoms with Gasteiger partial charge in [0.15, 0.2) is 0 Å². The van der Waals surface area contributed by atoms with Crippen molar-refractivity contribution in [2.24, 2.45) is 0 Å². The summed E-state index contributed by atoms with van der Waals surface area (Å²) in [6, 6.07) is 9.78. The molecule has 0 aliphatic carbocycles. The van der Waals surface area contributed by atoms with Gasteiger partial charge in [-0.1, -0.05) is 17.7 Å². The Labute approximate surface area is 169 Å². The molecule has 5 nitrogen and oxygen atoms in total. The SMILES string of the molecule is COc1cc2nc(Cc3ccc(-c4cc(F)cc(F)c4)nc3)[nH]c(=O)c2cc1Cl. The zero-order valence-electron chi connectivity index (χ0n) is 15.2. The zero-order valence-corrected chi connectivity index (χ0v) is 15.9. The number of fused-ring (bicyclic) bond motifs is 1. The van der Waals surface area contributed by atoms with Gasteiger partial charge in [-0.3, -0.25) is 9.78 Å². The second-order valence-electron chi connectivity index (χ2n) is 6.40. The lowest BCUT2D eigenvalue weighted by molar-refractivity contribution is 0.415. The minimum atomic E-state index is -0.667. The van der Waals surface area contributed by atoms with Crippen LogP contribution < -0.4 is 10.3 Å². The first-order chi connectivity index (χ1) is 13.9. The number of benzene rings is 2. The van der Waals surface area contributed by atoms with Crippen molar-refractivity contribution < 1.29 is 13.5 Å². The highest BCUT2D eigenvalue weighted by atomic mass is 35.5. The van der Waals surface area contributed by atoms with E-state index < -0.39 is 11.6 Å². The van der Waals surface area contributed by atoms with Crippen LogP contribution >= 0.6 is 11.6 Å². The van der Waals surface area contributed by atoms with Crippen LogP contribution in [0.1, 0.15) is 11.4 Å². The van der Waals surface area contributed by atoms with E-state index in [9.17, 15) is 13.6 Å². The van der Waals surface area contributed by atoms with Crippen LogP contribution in [-0.4, -0.2) is 22.1 Å². The van der Waals surface area contributed by atoms with E-state index in [2.05, 4.69) is 15.0 Å². The number of H-pyrrole nitrogens is 1. The summed E-state index contributed by atoms with van der Waals surface area (Å²) >= 11 is 6.07. The molecule has 146 valence electrons. The molecule has 2 aromatic carbocycles. The van der Waals surface area contributed by atoms with Gasteiger partial charge in [0.25, 0.3) is 5.56 Å². The highest BCUT2D eigenvalue weighted by molar-refractivity contribution is 6.32. The van der Waals surface area contributed by atoms with Crippen molar-refractivity contribution in [3.8, 4) is 17.0 Å². The van der Waals surface area contributed by atoms with E-state index in [1.54, 1.807) is 24.4 Å². The van der Waals surface area contributed by atoms with E-state index in [4.69, 9.17) is 16.3 Å². The average molecular weight is 414 g/mol. The van der Waals surface area contributed by atoms with Gasteiger partial charge in [-0.25, -0.2) is 13.8 Å². The summed E-state index contributed by atoms with van der Waals surface area (Å²) in [4.78, 5) is 23.8. The molecule has 8 heteroatoms. The third kappa shape index (κ3) is 3.95. The van der Waals surface area contributed by atoms with Crippen molar-refractivity contribution in [1.82, 2.24) is 15.0 Å². The summed E-state index contributed by atoms with van der Waals surface area (Å²) in [5, 5.41) is 0.690. The molecule has 0 aliphatic heterocycles. The average Bonchev–Trinajstić information content (AvgIpc) is 2.68. The van der Waals surface area contributed by atoms with Gasteiger partial charge in [0.2, 0.25) is 0 Å². The van der Waals surface area contributed by atoms with E-state index in [1.807, 2.05) is 0 Å². The summed E-state index contributed by atoms with van der Waals surface area (Å²) in [7, 11) is 1.48. The van der Waals surface area contributed by atoms with E-state index in [0.29, 0.717) is 45.2 Å². The van der Waals surface area contributed by atoms with Crippen LogP contribution in [0.2, 0.25) is 5.02 Å². The van der Waals surface area contributed by atoms with Crippen LogP contribution in [0, 0.1) is 11.6 Å². The molecular weight excluding hydrogens is 400 g/mol. The number of pyridine rings is 1. The summed E-state index contributed by atoms with van der Waals surface area (Å²) < 4.78 is 32.0. The summed E-state index contributed by atoms with van der Waals surface area (Å²) in [6.07, 6.45) is 1.89. The fourth-order valence-corrected chi connectivity index (χ4v) is 3.26. The number of methoxy groups -OCH3 is 1. The summed E-state index contributed by atoms with van der Waals surface area (Å²) in [5.41, 5.74) is 1.70. The van der Waals surface area contributed by atoms with Gasteiger partial charge in [0, 0.05) is 30.3 Å². The van der Waals surface area contributed by atoms with Crippen LogP contribution in [-0.2, 0) is 6.42 Å². The lowest BCUT2D eigenvalue weighted by atomic mass is 10.1. The maximum absolute atomic E-state index is 13.4. The smallest absolute Gasteiger partial charge is 0.258 e. The van der Waals surface area contributed by atoms with E-state index in [0.717, 1.165) is 11.6 Å². The number of hydrogen-bond acceptors (Lipinski definition) is 4. The Hall–Kier alpha value is -3.32. The number of rotatable bonds is 4. The predicted octanol–water partition coefficient (Wildman–Crippen LogP) is 4.52. The Morgan fingerprint density at radius 2 is 1.86 bits per heavy atom. The number of halogens is 3. The quantitative estimate of drug-likeness (QED) is 0.534. The molecule has 0 atom stereocenters. The largest absolute Gasteiger partial charge is 0.495 e. The van der Waals surface area contributed by atoms with Gasteiger partial charge in [0.1, 0.15) is 23.2 Å². The molecule has 2 aromatic heterocycles. The van der Waals surface area contributed by atoms with Crippen molar-refractivity contribution in [3.63, 3.8) is 0 Å². The predicted molar refractivity (Wildman–Crippen MR) is 106 cm³/mol. The van der Waals surface area contributed by atoms with Crippen LogP contribution in [0.5, 0.6) is 5.75 Å². The Kier molecular flexibility index (Phi) is 4.98. The van der Waals surface area contributed by atoms with E-state index >= 15 is 0 Å². The molecule has 0 saturated heterocycles. The monoisotopic (exact) mass is 413 g/mol. The van der Waals surface area contributed by atoms with Crippen molar-refractivity contribution >= 4 is 22.5 Å². The van der Waals surface area contributed by atoms with Crippen LogP contribution in [0.25, 0.3) is 22.2 Å². The van der Waals surface area contributed by atoms with E-state index in [1.165, 1.54) is 25.3 Å². The normalized spacial score (nSPS) is 11.0. The number of hydrogen-bond donors (Lipinski definition) is 1. The number of nitrogens with zero attached hydrogens (tertiary/aromatic N) is 2. The lowest BCUT2D eigenvalue weighted by Gasteiger charge is -2.07. The molecule has 0 bridgehead atoms. The fourth-order valence-electron chi connectivity index (χ4n) is 3.02.